The van der Waals surface area contributed by atoms with Crippen LogP contribution in [0, 0.1) is 17.3 Å². The van der Waals surface area contributed by atoms with E-state index in [0.717, 1.165) is 32.1 Å². The lowest BCUT2D eigenvalue weighted by atomic mass is 9.77. The Morgan fingerprint density at radius 3 is 2.37 bits per heavy atom. The van der Waals surface area contributed by atoms with Crippen molar-refractivity contribution < 1.29 is 9.90 Å². The van der Waals surface area contributed by atoms with Crippen LogP contribution in [0.1, 0.15) is 58.8 Å². The number of aliphatic hydroxyl groups excluding tert-OH is 1. The lowest BCUT2D eigenvalue weighted by molar-refractivity contribution is -0.143. The highest BCUT2D eigenvalue weighted by Crippen LogP contribution is 2.44. The maximum atomic E-state index is 12.8. The van der Waals surface area contributed by atoms with Gasteiger partial charge in [0.2, 0.25) is 5.91 Å². The van der Waals surface area contributed by atoms with E-state index in [0.29, 0.717) is 18.4 Å². The van der Waals surface area contributed by atoms with Crippen molar-refractivity contribution >= 4 is 5.91 Å². The van der Waals surface area contributed by atoms with Crippen LogP contribution in [-0.4, -0.2) is 35.6 Å². The van der Waals surface area contributed by atoms with Gasteiger partial charge in [0.1, 0.15) is 0 Å². The highest BCUT2D eigenvalue weighted by molar-refractivity contribution is 5.82. The van der Waals surface area contributed by atoms with Gasteiger partial charge in [0.25, 0.3) is 0 Å². The smallest absolute Gasteiger partial charge is 0.228 e. The summed E-state index contributed by atoms with van der Waals surface area (Å²) in [6.07, 6.45) is 7.36. The summed E-state index contributed by atoms with van der Waals surface area (Å²) in [5.41, 5.74) is -0.133. The van der Waals surface area contributed by atoms with E-state index in [2.05, 4.69) is 13.8 Å². The summed E-state index contributed by atoms with van der Waals surface area (Å²) in [5, 5.41) is 10.0. The largest absolute Gasteiger partial charge is 0.391 e. The molecule has 2 rings (SSSR count). The van der Waals surface area contributed by atoms with Crippen LogP contribution < -0.4 is 0 Å². The molecule has 0 aliphatic heterocycles. The molecule has 0 heterocycles. The summed E-state index contributed by atoms with van der Waals surface area (Å²) in [4.78, 5) is 14.6. The summed E-state index contributed by atoms with van der Waals surface area (Å²) in [5.74, 6) is 1.28. The van der Waals surface area contributed by atoms with E-state index in [1.807, 2.05) is 7.05 Å². The van der Waals surface area contributed by atoms with Crippen molar-refractivity contribution in [2.75, 3.05) is 13.6 Å². The molecule has 1 unspecified atom stereocenters. The van der Waals surface area contributed by atoms with Gasteiger partial charge >= 0.3 is 0 Å². The molecule has 0 radical (unpaired) electrons. The first-order valence-electron chi connectivity index (χ1n) is 7.88. The number of likely N-dealkylation sites (N-methyl/N-ethyl adjacent to an activating group) is 1. The molecule has 0 saturated heterocycles. The molecule has 2 saturated carbocycles. The Morgan fingerprint density at radius 1 is 1.32 bits per heavy atom. The molecule has 0 aromatic carbocycles. The van der Waals surface area contributed by atoms with Gasteiger partial charge in [-0.15, -0.1) is 0 Å². The number of rotatable bonds is 6. The van der Waals surface area contributed by atoms with Crippen LogP contribution in [-0.2, 0) is 4.79 Å². The molecule has 1 atom stereocenters. The third-order valence-corrected chi connectivity index (χ3v) is 4.79. The van der Waals surface area contributed by atoms with Crippen LogP contribution in [0.5, 0.6) is 0 Å². The number of hydrogen-bond donors (Lipinski definition) is 1. The highest BCUT2D eigenvalue weighted by atomic mass is 16.3. The monoisotopic (exact) mass is 267 g/mol. The van der Waals surface area contributed by atoms with E-state index < -0.39 is 0 Å². The van der Waals surface area contributed by atoms with Crippen LogP contribution in [0.25, 0.3) is 0 Å². The van der Waals surface area contributed by atoms with Crippen molar-refractivity contribution in [2.45, 2.75) is 64.9 Å². The minimum atomic E-state index is -0.313. The van der Waals surface area contributed by atoms with E-state index in [4.69, 9.17) is 0 Å². The van der Waals surface area contributed by atoms with Crippen molar-refractivity contribution in [1.82, 2.24) is 4.90 Å². The lowest BCUT2D eigenvalue weighted by Gasteiger charge is -2.34. The maximum absolute atomic E-state index is 12.8. The number of carbonyl (C=O) groups excluding carboxylic acids is 1. The second kappa shape index (κ2) is 5.82. The number of hydrogen-bond acceptors (Lipinski definition) is 2. The van der Waals surface area contributed by atoms with Gasteiger partial charge in [-0.05, 0) is 43.9 Å². The summed E-state index contributed by atoms with van der Waals surface area (Å²) in [6.45, 7) is 4.92. The first-order chi connectivity index (χ1) is 8.94. The second-order valence-electron chi connectivity index (χ2n) is 7.18. The second-order valence-corrected chi connectivity index (χ2v) is 7.18. The molecule has 0 bridgehead atoms. The standard InChI is InChI=1S/C16H29NO2/c1-12(2)10-16(8-4-5-9-16)15(19)17(3)11-14(18)13-6-7-13/h12-14,18H,4-11H2,1-3H3. The fourth-order valence-corrected chi connectivity index (χ4v) is 3.74. The van der Waals surface area contributed by atoms with Crippen molar-refractivity contribution in [2.24, 2.45) is 17.3 Å². The van der Waals surface area contributed by atoms with Gasteiger partial charge < -0.3 is 10.0 Å². The zero-order chi connectivity index (χ0) is 14.0. The van der Waals surface area contributed by atoms with Crippen molar-refractivity contribution in [1.29, 1.82) is 0 Å². The fraction of sp³-hybridized carbons (Fsp3) is 0.938. The Kier molecular flexibility index (Phi) is 4.54. The van der Waals surface area contributed by atoms with Crippen LogP contribution in [0.3, 0.4) is 0 Å². The van der Waals surface area contributed by atoms with Crippen molar-refractivity contribution in [3.63, 3.8) is 0 Å². The average Bonchev–Trinajstić information content (AvgIpc) is 3.09. The van der Waals surface area contributed by atoms with Gasteiger partial charge in [-0.1, -0.05) is 26.7 Å². The SMILES string of the molecule is CC(C)CC1(C(=O)N(C)CC(O)C2CC2)CCCC1. The quantitative estimate of drug-likeness (QED) is 0.804. The molecule has 2 aliphatic rings. The molecule has 1 amide bonds. The Labute approximate surface area is 117 Å². The molecule has 3 nitrogen and oxygen atoms in total. The topological polar surface area (TPSA) is 40.5 Å². The fourth-order valence-electron chi connectivity index (χ4n) is 3.74. The zero-order valence-corrected chi connectivity index (χ0v) is 12.7. The van der Waals surface area contributed by atoms with Crippen molar-refractivity contribution in [3.05, 3.63) is 0 Å². The summed E-state index contributed by atoms with van der Waals surface area (Å²) < 4.78 is 0. The van der Waals surface area contributed by atoms with Gasteiger partial charge in [-0.25, -0.2) is 0 Å². The van der Waals surface area contributed by atoms with E-state index in [-0.39, 0.29) is 17.4 Å². The Morgan fingerprint density at radius 2 is 1.89 bits per heavy atom. The number of nitrogens with zero attached hydrogens (tertiary/aromatic N) is 1. The Hall–Kier alpha value is -0.570. The van der Waals surface area contributed by atoms with E-state index in [9.17, 15) is 9.90 Å². The van der Waals surface area contributed by atoms with Gasteiger partial charge in [0, 0.05) is 19.0 Å². The third kappa shape index (κ3) is 3.50. The average molecular weight is 267 g/mol. The van der Waals surface area contributed by atoms with Gasteiger partial charge in [-0.2, -0.15) is 0 Å². The van der Waals surface area contributed by atoms with Gasteiger partial charge in [0.05, 0.1) is 6.10 Å². The Balaban J connectivity index is 1.97. The van der Waals surface area contributed by atoms with Crippen LogP contribution in [0.2, 0.25) is 0 Å². The third-order valence-electron chi connectivity index (χ3n) is 4.79. The van der Waals surface area contributed by atoms with Crippen LogP contribution >= 0.6 is 0 Å². The molecule has 2 aliphatic carbocycles. The first-order valence-corrected chi connectivity index (χ1v) is 7.88. The van der Waals surface area contributed by atoms with Gasteiger partial charge in [0.15, 0.2) is 0 Å². The van der Waals surface area contributed by atoms with Gasteiger partial charge in [-0.3, -0.25) is 4.79 Å². The van der Waals surface area contributed by atoms with E-state index >= 15 is 0 Å². The predicted molar refractivity (Wildman–Crippen MR) is 76.7 cm³/mol. The van der Waals surface area contributed by atoms with Crippen LogP contribution in [0.15, 0.2) is 0 Å². The summed E-state index contributed by atoms with van der Waals surface area (Å²) in [6, 6.07) is 0. The molecule has 0 aromatic rings. The molecule has 3 heteroatoms. The minimum absolute atomic E-state index is 0.133. The first kappa shape index (κ1) is 14.8. The summed E-state index contributed by atoms with van der Waals surface area (Å²) >= 11 is 0. The van der Waals surface area contributed by atoms with E-state index in [1.165, 1.54) is 12.8 Å². The van der Waals surface area contributed by atoms with Crippen LogP contribution in [0.4, 0.5) is 0 Å². The predicted octanol–water partition coefficient (Wildman–Crippen LogP) is 2.82. The molecule has 2 fully saturated rings. The molecular formula is C16H29NO2. The maximum Gasteiger partial charge on any atom is 0.228 e. The number of amides is 1. The number of carbonyl (C=O) groups is 1. The van der Waals surface area contributed by atoms with E-state index in [1.54, 1.807) is 4.90 Å². The number of aliphatic hydroxyl groups is 1. The molecule has 0 spiro atoms. The molecular weight excluding hydrogens is 238 g/mol. The summed E-state index contributed by atoms with van der Waals surface area (Å²) in [7, 11) is 1.87. The lowest BCUT2D eigenvalue weighted by Crippen LogP contribution is -2.44. The molecule has 1 N–H and O–H groups in total. The molecule has 19 heavy (non-hydrogen) atoms. The molecule has 110 valence electrons. The highest BCUT2D eigenvalue weighted by Gasteiger charge is 2.43. The Bertz CT molecular complexity index is 317. The normalized spacial score (nSPS) is 23.6. The minimum Gasteiger partial charge on any atom is -0.391 e. The van der Waals surface area contributed by atoms with Crippen molar-refractivity contribution in [3.8, 4) is 0 Å². The molecule has 0 aromatic heterocycles. The zero-order valence-electron chi connectivity index (χ0n) is 12.7.